The van der Waals surface area contributed by atoms with Gasteiger partial charge in [-0.1, -0.05) is 18.2 Å². The molecule has 1 aromatic carbocycles. The van der Waals surface area contributed by atoms with Crippen molar-refractivity contribution in [3.05, 3.63) is 42.0 Å². The van der Waals surface area contributed by atoms with Crippen LogP contribution in [0.3, 0.4) is 0 Å². The van der Waals surface area contributed by atoms with Gasteiger partial charge in [-0.3, -0.25) is 9.69 Å². The van der Waals surface area contributed by atoms with E-state index in [-0.39, 0.29) is 13.0 Å². The molecule has 1 aromatic rings. The van der Waals surface area contributed by atoms with Crippen molar-refractivity contribution in [1.82, 2.24) is 5.32 Å². The first-order valence-electron chi connectivity index (χ1n) is 5.91. The van der Waals surface area contributed by atoms with Crippen molar-refractivity contribution in [2.24, 2.45) is 0 Å². The number of carboxylic acid groups (broad SMARTS) is 1. The summed E-state index contributed by atoms with van der Waals surface area (Å²) in [6, 6.07) is 2.05. The van der Waals surface area contributed by atoms with Crippen molar-refractivity contribution in [1.29, 1.82) is 0 Å². The Bertz CT molecular complexity index is 575. The predicted octanol–water partition coefficient (Wildman–Crippen LogP) is 1.89. The van der Waals surface area contributed by atoms with Crippen LogP contribution in [-0.4, -0.2) is 29.7 Å². The Morgan fingerprint density at radius 2 is 2.10 bits per heavy atom. The zero-order valence-corrected chi connectivity index (χ0v) is 10.3. The molecule has 2 N–H and O–H groups in total. The Kier molecular flexibility index (Phi) is 3.97. The highest BCUT2D eigenvalue weighted by Crippen LogP contribution is 2.25. The Morgan fingerprint density at radius 1 is 1.35 bits per heavy atom. The molecule has 106 valence electrons. The number of rotatable bonds is 2. The van der Waals surface area contributed by atoms with Gasteiger partial charge < -0.3 is 10.4 Å². The normalized spacial score (nSPS) is 18.3. The third-order valence-corrected chi connectivity index (χ3v) is 2.93. The second-order valence-corrected chi connectivity index (χ2v) is 4.19. The lowest BCUT2D eigenvalue weighted by atomic mass is 10.1. The molecule has 0 aliphatic carbocycles. The van der Waals surface area contributed by atoms with E-state index < -0.39 is 35.4 Å². The molecule has 0 radical (unpaired) electrons. The Balaban J connectivity index is 2.45. The van der Waals surface area contributed by atoms with Gasteiger partial charge in [-0.25, -0.2) is 13.6 Å². The summed E-state index contributed by atoms with van der Waals surface area (Å²) in [5.74, 6) is -3.02. The molecule has 1 unspecified atom stereocenters. The lowest BCUT2D eigenvalue weighted by Crippen LogP contribution is -2.49. The Hall–Kier alpha value is -2.44. The minimum absolute atomic E-state index is 0.0914. The van der Waals surface area contributed by atoms with Gasteiger partial charge in [0.2, 0.25) is 5.91 Å². The van der Waals surface area contributed by atoms with Gasteiger partial charge in [0.05, 0.1) is 5.69 Å². The third kappa shape index (κ3) is 2.61. The van der Waals surface area contributed by atoms with E-state index in [1.807, 2.05) is 0 Å². The molecule has 1 heterocycles. The molecule has 1 aliphatic heterocycles. The third-order valence-electron chi connectivity index (χ3n) is 2.93. The highest BCUT2D eigenvalue weighted by molar-refractivity contribution is 5.97. The van der Waals surface area contributed by atoms with E-state index in [0.29, 0.717) is 4.90 Å². The van der Waals surface area contributed by atoms with Gasteiger partial charge in [-0.2, -0.15) is 0 Å². The van der Waals surface area contributed by atoms with E-state index in [1.165, 1.54) is 6.07 Å². The number of hydrogen-bond donors (Lipinski definition) is 2. The lowest BCUT2D eigenvalue weighted by molar-refractivity contribution is -0.122. The minimum atomic E-state index is -1.52. The van der Waals surface area contributed by atoms with Crippen LogP contribution in [-0.2, 0) is 4.79 Å². The molecule has 2 rings (SSSR count). The fourth-order valence-corrected chi connectivity index (χ4v) is 2.00. The largest absolute Gasteiger partial charge is 0.465 e. The summed E-state index contributed by atoms with van der Waals surface area (Å²) < 4.78 is 27.0. The summed E-state index contributed by atoms with van der Waals surface area (Å²) in [5, 5.41) is 11.7. The number of halogens is 2. The highest BCUT2D eigenvalue weighted by Gasteiger charge is 2.33. The van der Waals surface area contributed by atoms with E-state index in [0.717, 1.165) is 12.1 Å². The number of nitrogens with zero attached hydrogens (tertiary/aromatic N) is 1. The number of benzene rings is 1. The molecule has 0 saturated heterocycles. The van der Waals surface area contributed by atoms with Crippen molar-refractivity contribution in [3.63, 3.8) is 0 Å². The van der Waals surface area contributed by atoms with E-state index in [4.69, 9.17) is 0 Å². The molecule has 1 atom stereocenters. The first-order chi connectivity index (χ1) is 9.52. The maximum Gasteiger partial charge on any atom is 0.412 e. The molecule has 0 bridgehead atoms. The molecule has 20 heavy (non-hydrogen) atoms. The van der Waals surface area contributed by atoms with Gasteiger partial charge >= 0.3 is 6.09 Å². The van der Waals surface area contributed by atoms with Crippen LogP contribution < -0.4 is 10.2 Å². The van der Waals surface area contributed by atoms with E-state index in [1.54, 1.807) is 12.2 Å². The Labute approximate surface area is 113 Å². The Morgan fingerprint density at radius 3 is 2.80 bits per heavy atom. The monoisotopic (exact) mass is 282 g/mol. The van der Waals surface area contributed by atoms with E-state index >= 15 is 0 Å². The van der Waals surface area contributed by atoms with Gasteiger partial charge in [0.1, 0.15) is 6.04 Å². The van der Waals surface area contributed by atoms with Gasteiger partial charge in [-0.15, -0.1) is 0 Å². The molecule has 2 amide bonds. The van der Waals surface area contributed by atoms with Gasteiger partial charge in [-0.05, 0) is 18.6 Å². The molecule has 0 spiro atoms. The molecule has 1 aliphatic rings. The van der Waals surface area contributed by atoms with Crippen LogP contribution in [0.2, 0.25) is 0 Å². The van der Waals surface area contributed by atoms with Crippen LogP contribution in [0.5, 0.6) is 0 Å². The molecule has 7 heteroatoms. The second-order valence-electron chi connectivity index (χ2n) is 4.19. The van der Waals surface area contributed by atoms with Crippen molar-refractivity contribution in [2.75, 3.05) is 11.4 Å². The average molecular weight is 282 g/mol. The number of hydrogen-bond acceptors (Lipinski definition) is 2. The molecule has 0 fully saturated rings. The number of anilines is 1. The smallest absolute Gasteiger partial charge is 0.412 e. The highest BCUT2D eigenvalue weighted by atomic mass is 19.2. The lowest BCUT2D eigenvalue weighted by Gasteiger charge is -2.27. The molecular formula is C13H12F2N2O3. The van der Waals surface area contributed by atoms with Gasteiger partial charge in [0, 0.05) is 6.54 Å². The zero-order valence-electron chi connectivity index (χ0n) is 10.3. The first-order valence-corrected chi connectivity index (χ1v) is 5.91. The fourth-order valence-electron chi connectivity index (χ4n) is 2.00. The SMILES string of the molecule is O=C1NCC=CCC1N(C(=O)O)c1cccc(F)c1F. The molecule has 5 nitrogen and oxygen atoms in total. The van der Waals surface area contributed by atoms with Crippen LogP contribution in [0.4, 0.5) is 19.3 Å². The maximum absolute atomic E-state index is 13.8. The second kappa shape index (κ2) is 5.68. The summed E-state index contributed by atoms with van der Waals surface area (Å²) >= 11 is 0. The fraction of sp³-hybridized carbons (Fsp3) is 0.231. The number of nitrogens with one attached hydrogen (secondary N) is 1. The zero-order chi connectivity index (χ0) is 14.7. The number of amides is 2. The van der Waals surface area contributed by atoms with E-state index in [9.17, 15) is 23.5 Å². The molecule has 0 aromatic heterocycles. The van der Waals surface area contributed by atoms with Crippen molar-refractivity contribution in [3.8, 4) is 0 Å². The van der Waals surface area contributed by atoms with Crippen LogP contribution in [0, 0.1) is 11.6 Å². The van der Waals surface area contributed by atoms with E-state index in [2.05, 4.69) is 5.32 Å². The first kappa shape index (κ1) is 14.0. The topological polar surface area (TPSA) is 69.6 Å². The standard InChI is InChI=1S/C13H12F2N2O3/c14-8-4-3-6-9(11(8)15)17(13(19)20)10-5-1-2-7-16-12(10)18/h1-4,6,10H,5,7H2,(H,16,18)(H,19,20). The van der Waals surface area contributed by atoms with Crippen molar-refractivity contribution in [2.45, 2.75) is 12.5 Å². The molecule has 0 saturated carbocycles. The summed E-state index contributed by atoms with van der Waals surface area (Å²) in [5.41, 5.74) is -0.479. The predicted molar refractivity (Wildman–Crippen MR) is 67.4 cm³/mol. The van der Waals surface area contributed by atoms with Gasteiger partial charge in [0.15, 0.2) is 11.6 Å². The van der Waals surface area contributed by atoms with Gasteiger partial charge in [0.25, 0.3) is 0 Å². The summed E-state index contributed by atoms with van der Waals surface area (Å²) in [6.07, 6.45) is 1.86. The van der Waals surface area contributed by atoms with Crippen LogP contribution in [0.25, 0.3) is 0 Å². The maximum atomic E-state index is 13.8. The minimum Gasteiger partial charge on any atom is -0.465 e. The molecular weight excluding hydrogens is 270 g/mol. The summed E-state index contributed by atoms with van der Waals surface area (Å²) in [6.45, 7) is 0.272. The summed E-state index contributed by atoms with van der Waals surface area (Å²) in [4.78, 5) is 23.8. The quantitative estimate of drug-likeness (QED) is 0.814. The number of carbonyl (C=O) groups excluding carboxylic acids is 1. The van der Waals surface area contributed by atoms with Crippen molar-refractivity contribution < 1.29 is 23.5 Å². The number of carbonyl (C=O) groups is 2. The van der Waals surface area contributed by atoms with Crippen LogP contribution >= 0.6 is 0 Å². The summed E-state index contributed by atoms with van der Waals surface area (Å²) in [7, 11) is 0. The van der Waals surface area contributed by atoms with Crippen LogP contribution in [0.15, 0.2) is 30.4 Å². The van der Waals surface area contributed by atoms with Crippen molar-refractivity contribution >= 4 is 17.7 Å². The average Bonchev–Trinajstić information content (AvgIpc) is 2.60. The van der Waals surface area contributed by atoms with Crippen LogP contribution in [0.1, 0.15) is 6.42 Å².